The van der Waals surface area contributed by atoms with Crippen molar-refractivity contribution in [3.63, 3.8) is 0 Å². The number of Topliss-reactive ketones (excluding diaryl/α,β-unsaturated/α-hetero) is 1. The van der Waals surface area contributed by atoms with Crippen molar-refractivity contribution < 1.29 is 28.2 Å². The topological polar surface area (TPSA) is 71.1 Å². The number of carbonyl (C=O) groups excluding carboxylic acids is 2. The highest BCUT2D eigenvalue weighted by molar-refractivity contribution is 6.74. The predicted molar refractivity (Wildman–Crippen MR) is 139 cm³/mol. The minimum absolute atomic E-state index is 0.0195. The van der Waals surface area contributed by atoms with Gasteiger partial charge in [0.2, 0.25) is 0 Å². The van der Waals surface area contributed by atoms with E-state index in [1.807, 2.05) is 45.0 Å². The molecule has 0 saturated carbocycles. The molecule has 34 heavy (non-hydrogen) atoms. The van der Waals surface area contributed by atoms with Crippen molar-refractivity contribution in [3.05, 3.63) is 42.5 Å². The molecule has 0 N–H and O–H groups in total. The van der Waals surface area contributed by atoms with Gasteiger partial charge in [-0.25, -0.2) is 0 Å². The van der Waals surface area contributed by atoms with Crippen LogP contribution in [0, 0.1) is 0 Å². The Bertz CT molecular complexity index is 802. The molecule has 2 atom stereocenters. The van der Waals surface area contributed by atoms with Gasteiger partial charge >= 0.3 is 5.97 Å². The van der Waals surface area contributed by atoms with Gasteiger partial charge in [0.05, 0.1) is 26.2 Å². The van der Waals surface area contributed by atoms with Crippen LogP contribution in [0.3, 0.4) is 0 Å². The number of esters is 1. The highest BCUT2D eigenvalue weighted by Gasteiger charge is 2.40. The Hall–Kier alpha value is -1.96. The smallest absolute Gasteiger partial charge is 0.308 e. The van der Waals surface area contributed by atoms with Crippen molar-refractivity contribution in [2.75, 3.05) is 7.11 Å². The molecule has 1 aromatic rings. The Morgan fingerprint density at radius 1 is 1.06 bits per heavy atom. The lowest BCUT2D eigenvalue weighted by Crippen LogP contribution is -2.45. The van der Waals surface area contributed by atoms with Crippen LogP contribution in [0.1, 0.15) is 66.4 Å². The van der Waals surface area contributed by atoms with Crippen LogP contribution in [0.15, 0.2) is 36.9 Å². The normalized spacial score (nSPS) is 14.3. The first-order chi connectivity index (χ1) is 15.6. The third-order valence-electron chi connectivity index (χ3n) is 5.91. The zero-order chi connectivity index (χ0) is 26.2. The van der Waals surface area contributed by atoms with Gasteiger partial charge in [-0.1, -0.05) is 39.0 Å². The van der Waals surface area contributed by atoms with Gasteiger partial charge in [0.25, 0.3) is 0 Å². The minimum atomic E-state index is -2.15. The Kier molecular flexibility index (Phi) is 11.2. The zero-order valence-corrected chi connectivity index (χ0v) is 23.5. The van der Waals surface area contributed by atoms with Crippen LogP contribution in [0.25, 0.3) is 0 Å². The van der Waals surface area contributed by atoms with Gasteiger partial charge < -0.3 is 18.6 Å². The average molecular weight is 493 g/mol. The lowest BCUT2D eigenvalue weighted by molar-refractivity contribution is -0.157. The van der Waals surface area contributed by atoms with E-state index in [1.54, 1.807) is 7.11 Å². The van der Waals surface area contributed by atoms with E-state index in [2.05, 4.69) is 40.4 Å². The summed E-state index contributed by atoms with van der Waals surface area (Å²) in [4.78, 5) is 25.4. The second kappa shape index (κ2) is 12.7. The molecule has 192 valence electrons. The van der Waals surface area contributed by atoms with Crippen LogP contribution in [0.4, 0.5) is 0 Å². The first kappa shape index (κ1) is 30.1. The Morgan fingerprint density at radius 2 is 1.65 bits per heavy atom. The molecule has 0 aliphatic carbocycles. The molecule has 0 aliphatic rings. The summed E-state index contributed by atoms with van der Waals surface area (Å²) in [6.45, 7) is 20.3. The second-order valence-electron chi connectivity index (χ2n) is 11.1. The molecule has 7 heteroatoms. The summed E-state index contributed by atoms with van der Waals surface area (Å²) in [5.41, 5.74) is 0.363. The van der Waals surface area contributed by atoms with Gasteiger partial charge in [0.1, 0.15) is 17.5 Å². The number of hydrogen-bond acceptors (Lipinski definition) is 6. The lowest BCUT2D eigenvalue weighted by Gasteiger charge is -2.39. The lowest BCUT2D eigenvalue weighted by atomic mass is 10.0. The maximum Gasteiger partial charge on any atom is 0.308 e. The SMILES string of the molecule is C=C[C@H](OCc1ccc(OC)cc1)C(=O)CC[C@H](CC(=O)OC(C)(C)C)O[Si](C)(C)C(C)(C)C. The first-order valence-electron chi connectivity index (χ1n) is 11.9. The van der Waals surface area contributed by atoms with E-state index in [9.17, 15) is 9.59 Å². The van der Waals surface area contributed by atoms with Crippen LogP contribution in [0.5, 0.6) is 5.75 Å². The van der Waals surface area contributed by atoms with Crippen LogP contribution in [-0.4, -0.2) is 45.0 Å². The fraction of sp³-hybridized carbons (Fsp3) is 0.630. The quantitative estimate of drug-likeness (QED) is 0.184. The third kappa shape index (κ3) is 10.5. The highest BCUT2D eigenvalue weighted by Crippen LogP contribution is 2.38. The van der Waals surface area contributed by atoms with Crippen molar-refractivity contribution in [1.29, 1.82) is 0 Å². The molecule has 0 bridgehead atoms. The Balaban J connectivity index is 2.80. The molecule has 6 nitrogen and oxygen atoms in total. The summed E-state index contributed by atoms with van der Waals surface area (Å²) >= 11 is 0. The van der Waals surface area contributed by atoms with Gasteiger partial charge in [-0.05, 0) is 63.0 Å². The molecule has 0 amide bonds. The molecule has 0 heterocycles. The van der Waals surface area contributed by atoms with Crippen molar-refractivity contribution >= 4 is 20.1 Å². The first-order valence-corrected chi connectivity index (χ1v) is 14.8. The van der Waals surface area contributed by atoms with Crippen molar-refractivity contribution in [2.45, 2.75) is 103 Å². The molecular formula is C27H44O6Si. The van der Waals surface area contributed by atoms with E-state index >= 15 is 0 Å². The van der Waals surface area contributed by atoms with Crippen molar-refractivity contribution in [1.82, 2.24) is 0 Å². The summed E-state index contributed by atoms with van der Waals surface area (Å²) in [6.07, 6.45) is 1.15. The molecule has 0 aliphatic heterocycles. The number of ketones is 1. The van der Waals surface area contributed by atoms with E-state index in [4.69, 9.17) is 18.6 Å². The number of methoxy groups -OCH3 is 1. The summed E-state index contributed by atoms with van der Waals surface area (Å²) in [5.74, 6) is 0.356. The Labute approximate surface area is 207 Å². The molecule has 0 unspecified atom stereocenters. The van der Waals surface area contributed by atoms with Crippen molar-refractivity contribution in [3.8, 4) is 5.75 Å². The second-order valence-corrected chi connectivity index (χ2v) is 15.9. The number of hydrogen-bond donors (Lipinski definition) is 0. The predicted octanol–water partition coefficient (Wildman–Crippen LogP) is 6.24. The van der Waals surface area contributed by atoms with Crippen LogP contribution < -0.4 is 4.74 Å². The fourth-order valence-electron chi connectivity index (χ4n) is 3.01. The number of carbonyl (C=O) groups is 2. The van der Waals surface area contributed by atoms with E-state index in [-0.39, 0.29) is 36.2 Å². The van der Waals surface area contributed by atoms with Crippen LogP contribution in [-0.2, 0) is 30.1 Å². The van der Waals surface area contributed by atoms with Gasteiger partial charge in [0.15, 0.2) is 14.1 Å². The molecule has 0 aromatic heterocycles. The summed E-state index contributed by atoms with van der Waals surface area (Å²) in [6, 6.07) is 7.49. The average Bonchev–Trinajstić information content (AvgIpc) is 2.70. The molecule has 1 rings (SSSR count). The number of benzene rings is 1. The maximum absolute atomic E-state index is 12.9. The number of ether oxygens (including phenoxy) is 3. The van der Waals surface area contributed by atoms with Gasteiger partial charge in [-0.3, -0.25) is 9.59 Å². The number of rotatable bonds is 13. The van der Waals surface area contributed by atoms with E-state index < -0.39 is 26.1 Å². The molecule has 0 saturated heterocycles. The molecule has 0 radical (unpaired) electrons. The van der Waals surface area contributed by atoms with E-state index in [0.29, 0.717) is 6.42 Å². The third-order valence-corrected chi connectivity index (χ3v) is 10.4. The zero-order valence-electron chi connectivity index (χ0n) is 22.5. The fourth-order valence-corrected chi connectivity index (χ4v) is 4.40. The van der Waals surface area contributed by atoms with Gasteiger partial charge in [-0.2, -0.15) is 0 Å². The maximum atomic E-state index is 12.9. The molecule has 1 aromatic carbocycles. The minimum Gasteiger partial charge on any atom is -0.497 e. The molecular weight excluding hydrogens is 448 g/mol. The summed E-state index contributed by atoms with van der Waals surface area (Å²) in [7, 11) is -0.535. The summed E-state index contributed by atoms with van der Waals surface area (Å²) < 4.78 is 23.0. The Morgan fingerprint density at radius 3 is 2.12 bits per heavy atom. The van der Waals surface area contributed by atoms with Gasteiger partial charge in [-0.15, -0.1) is 6.58 Å². The van der Waals surface area contributed by atoms with Crippen LogP contribution in [0.2, 0.25) is 18.1 Å². The highest BCUT2D eigenvalue weighted by atomic mass is 28.4. The van der Waals surface area contributed by atoms with Crippen molar-refractivity contribution in [2.24, 2.45) is 0 Å². The van der Waals surface area contributed by atoms with E-state index in [1.165, 1.54) is 6.08 Å². The largest absolute Gasteiger partial charge is 0.497 e. The monoisotopic (exact) mass is 492 g/mol. The van der Waals surface area contributed by atoms with Gasteiger partial charge in [0, 0.05) is 6.42 Å². The molecule has 0 fully saturated rings. The van der Waals surface area contributed by atoms with E-state index in [0.717, 1.165) is 11.3 Å². The van der Waals surface area contributed by atoms with Crippen LogP contribution >= 0.6 is 0 Å². The molecule has 0 spiro atoms. The standard InChI is InChI=1S/C27H44O6Si/c1-11-24(31-19-20-12-14-21(30-8)15-13-20)23(28)17-16-22(18-25(29)32-26(2,3)4)33-34(9,10)27(5,6)7/h11-15,22,24H,1,16-19H2,2-10H3/t22-,24+/m1/s1. The summed E-state index contributed by atoms with van der Waals surface area (Å²) in [5, 5.41) is -0.0195.